The Morgan fingerprint density at radius 1 is 1.21 bits per heavy atom. The SMILES string of the molecule is CN1c2ccccc2N(C)C1/C=N\O. The average Bonchev–Trinajstić information content (AvgIpc) is 2.45. The predicted octanol–water partition coefficient (Wildman–Crippen LogP) is 1.36. The molecule has 1 aromatic rings. The number of benzene rings is 1. The van der Waals surface area contributed by atoms with E-state index >= 15 is 0 Å². The second-order valence-electron chi connectivity index (χ2n) is 3.39. The molecule has 0 saturated heterocycles. The topological polar surface area (TPSA) is 39.1 Å². The van der Waals surface area contributed by atoms with Crippen LogP contribution in [0.5, 0.6) is 0 Å². The van der Waals surface area contributed by atoms with Crippen LogP contribution >= 0.6 is 0 Å². The van der Waals surface area contributed by atoms with E-state index in [0.29, 0.717) is 0 Å². The monoisotopic (exact) mass is 191 g/mol. The first kappa shape index (κ1) is 8.87. The Morgan fingerprint density at radius 2 is 1.71 bits per heavy atom. The predicted molar refractivity (Wildman–Crippen MR) is 57.3 cm³/mol. The van der Waals surface area contributed by atoms with Crippen molar-refractivity contribution in [2.45, 2.75) is 6.17 Å². The third kappa shape index (κ3) is 1.11. The summed E-state index contributed by atoms with van der Waals surface area (Å²) in [7, 11) is 3.96. The van der Waals surface area contributed by atoms with Crippen LogP contribution in [0.1, 0.15) is 0 Å². The quantitative estimate of drug-likeness (QED) is 0.414. The number of rotatable bonds is 1. The molecule has 0 amide bonds. The van der Waals surface area contributed by atoms with Crippen molar-refractivity contribution in [2.75, 3.05) is 23.9 Å². The first-order valence-corrected chi connectivity index (χ1v) is 4.48. The van der Waals surface area contributed by atoms with Crippen LogP contribution < -0.4 is 9.80 Å². The van der Waals surface area contributed by atoms with Gasteiger partial charge < -0.3 is 15.0 Å². The molecule has 0 saturated carbocycles. The highest BCUT2D eigenvalue weighted by molar-refractivity contribution is 5.86. The third-order valence-electron chi connectivity index (χ3n) is 2.64. The highest BCUT2D eigenvalue weighted by atomic mass is 16.4. The molecule has 74 valence electrons. The molecule has 0 aromatic heterocycles. The molecule has 0 spiro atoms. The number of para-hydroxylation sites is 2. The van der Waals surface area contributed by atoms with Crippen molar-refractivity contribution in [3.8, 4) is 0 Å². The smallest absolute Gasteiger partial charge is 0.141 e. The number of hydrogen-bond donors (Lipinski definition) is 1. The first-order valence-electron chi connectivity index (χ1n) is 4.48. The van der Waals surface area contributed by atoms with Gasteiger partial charge in [0.1, 0.15) is 6.17 Å². The summed E-state index contributed by atoms with van der Waals surface area (Å²) in [5, 5.41) is 11.7. The number of fused-ring (bicyclic) bond motifs is 1. The van der Waals surface area contributed by atoms with E-state index in [0.717, 1.165) is 11.4 Å². The van der Waals surface area contributed by atoms with E-state index < -0.39 is 0 Å². The molecule has 1 N–H and O–H groups in total. The zero-order chi connectivity index (χ0) is 10.1. The van der Waals surface area contributed by atoms with Crippen LogP contribution in [0.4, 0.5) is 11.4 Å². The van der Waals surface area contributed by atoms with Crippen molar-refractivity contribution in [2.24, 2.45) is 5.16 Å². The summed E-state index contributed by atoms with van der Waals surface area (Å²) in [6.45, 7) is 0. The highest BCUT2D eigenvalue weighted by Crippen LogP contribution is 2.36. The molecule has 0 atom stereocenters. The molecule has 1 heterocycles. The molecule has 4 heteroatoms. The summed E-state index contributed by atoms with van der Waals surface area (Å²) in [6.07, 6.45) is 1.51. The van der Waals surface area contributed by atoms with E-state index in [-0.39, 0.29) is 6.17 Å². The largest absolute Gasteiger partial charge is 0.411 e. The summed E-state index contributed by atoms with van der Waals surface area (Å²) in [5.41, 5.74) is 2.31. The Labute approximate surface area is 83.0 Å². The molecular formula is C10H13N3O. The molecule has 0 aliphatic carbocycles. The number of hydrogen-bond acceptors (Lipinski definition) is 4. The Morgan fingerprint density at radius 3 is 2.14 bits per heavy atom. The van der Waals surface area contributed by atoms with Crippen LogP contribution in [0.15, 0.2) is 29.4 Å². The van der Waals surface area contributed by atoms with Crippen molar-refractivity contribution in [3.63, 3.8) is 0 Å². The standard InChI is InChI=1S/C10H13N3O/c1-12-8-5-3-4-6-9(8)13(2)10(12)7-11-14/h3-7,10,14H,1-2H3/b11-7-. The average molecular weight is 191 g/mol. The van der Waals surface area contributed by atoms with Gasteiger partial charge in [0.25, 0.3) is 0 Å². The second-order valence-corrected chi connectivity index (χ2v) is 3.39. The maximum atomic E-state index is 8.56. The molecule has 1 aliphatic rings. The van der Waals surface area contributed by atoms with Crippen LogP contribution in [-0.2, 0) is 0 Å². The maximum absolute atomic E-state index is 8.56. The zero-order valence-corrected chi connectivity index (χ0v) is 8.25. The third-order valence-corrected chi connectivity index (χ3v) is 2.64. The lowest BCUT2D eigenvalue weighted by atomic mass is 10.3. The second kappa shape index (κ2) is 3.21. The maximum Gasteiger partial charge on any atom is 0.141 e. The van der Waals surface area contributed by atoms with Crippen molar-refractivity contribution in [1.82, 2.24) is 0 Å². The number of anilines is 2. The van der Waals surface area contributed by atoms with Crippen molar-refractivity contribution in [3.05, 3.63) is 24.3 Å². The normalized spacial score (nSPS) is 16.7. The van der Waals surface area contributed by atoms with Gasteiger partial charge in [-0.25, -0.2) is 0 Å². The highest BCUT2D eigenvalue weighted by Gasteiger charge is 2.29. The first-order chi connectivity index (χ1) is 6.75. The Bertz CT molecular complexity index is 335. The minimum Gasteiger partial charge on any atom is -0.411 e. The van der Waals surface area contributed by atoms with Crippen LogP contribution in [0.2, 0.25) is 0 Å². The molecular weight excluding hydrogens is 178 g/mol. The van der Waals surface area contributed by atoms with E-state index in [1.807, 2.05) is 26.2 Å². The van der Waals surface area contributed by atoms with Crippen LogP contribution in [0, 0.1) is 0 Å². The molecule has 0 radical (unpaired) electrons. The Hall–Kier alpha value is -1.71. The summed E-state index contributed by atoms with van der Waals surface area (Å²) in [4.78, 5) is 4.13. The van der Waals surface area contributed by atoms with E-state index in [1.165, 1.54) is 6.21 Å². The molecule has 2 rings (SSSR count). The van der Waals surface area contributed by atoms with E-state index in [9.17, 15) is 0 Å². The summed E-state index contributed by atoms with van der Waals surface area (Å²) in [5.74, 6) is 0. The van der Waals surface area contributed by atoms with Gasteiger partial charge in [0, 0.05) is 14.1 Å². The van der Waals surface area contributed by atoms with E-state index in [4.69, 9.17) is 5.21 Å². The van der Waals surface area contributed by atoms with Gasteiger partial charge in [0.2, 0.25) is 0 Å². The lowest BCUT2D eigenvalue weighted by molar-refractivity contribution is 0.319. The van der Waals surface area contributed by atoms with Crippen molar-refractivity contribution < 1.29 is 5.21 Å². The van der Waals surface area contributed by atoms with E-state index in [2.05, 4.69) is 27.1 Å². The van der Waals surface area contributed by atoms with Crippen molar-refractivity contribution in [1.29, 1.82) is 0 Å². The number of oxime groups is 1. The van der Waals surface area contributed by atoms with Gasteiger partial charge in [-0.1, -0.05) is 17.3 Å². The summed E-state index contributed by atoms with van der Waals surface area (Å²) >= 11 is 0. The van der Waals surface area contributed by atoms with Crippen molar-refractivity contribution >= 4 is 17.6 Å². The minimum atomic E-state index is -0.00241. The van der Waals surface area contributed by atoms with Crippen LogP contribution in [0.25, 0.3) is 0 Å². The van der Waals surface area contributed by atoms with Gasteiger partial charge in [-0.3, -0.25) is 0 Å². The minimum absolute atomic E-state index is 0.00241. The lowest BCUT2D eigenvalue weighted by Crippen LogP contribution is -2.40. The van der Waals surface area contributed by atoms with Gasteiger partial charge in [-0.15, -0.1) is 0 Å². The van der Waals surface area contributed by atoms with E-state index in [1.54, 1.807) is 0 Å². The molecule has 1 aliphatic heterocycles. The Kier molecular flexibility index (Phi) is 2.04. The zero-order valence-electron chi connectivity index (χ0n) is 8.25. The molecule has 0 bridgehead atoms. The fraction of sp³-hybridized carbons (Fsp3) is 0.300. The summed E-state index contributed by atoms with van der Waals surface area (Å²) < 4.78 is 0. The summed E-state index contributed by atoms with van der Waals surface area (Å²) in [6, 6.07) is 8.11. The molecule has 1 aromatic carbocycles. The van der Waals surface area contributed by atoms with Gasteiger partial charge in [0.15, 0.2) is 0 Å². The lowest BCUT2D eigenvalue weighted by Gasteiger charge is -2.23. The van der Waals surface area contributed by atoms with Gasteiger partial charge >= 0.3 is 0 Å². The van der Waals surface area contributed by atoms with Gasteiger partial charge in [-0.05, 0) is 12.1 Å². The molecule has 0 fully saturated rings. The van der Waals surface area contributed by atoms with Gasteiger partial charge in [-0.2, -0.15) is 0 Å². The fourth-order valence-corrected chi connectivity index (χ4v) is 1.87. The Balaban J connectivity index is 2.42. The molecule has 14 heavy (non-hydrogen) atoms. The van der Waals surface area contributed by atoms with Crippen LogP contribution in [-0.4, -0.2) is 31.7 Å². The molecule has 4 nitrogen and oxygen atoms in total. The van der Waals surface area contributed by atoms with Crippen LogP contribution in [0.3, 0.4) is 0 Å². The van der Waals surface area contributed by atoms with Gasteiger partial charge in [0.05, 0.1) is 17.6 Å². The molecule has 0 unspecified atom stereocenters. The number of nitrogens with zero attached hydrogens (tertiary/aromatic N) is 3. The fourth-order valence-electron chi connectivity index (χ4n) is 1.87.